The Bertz CT molecular complexity index is 720. The Morgan fingerprint density at radius 2 is 1.67 bits per heavy atom. The molecule has 2 heteroatoms. The van der Waals surface area contributed by atoms with Crippen LogP contribution >= 0.6 is 0 Å². The Morgan fingerprint density at radius 1 is 0.917 bits per heavy atom. The Morgan fingerprint density at radius 3 is 2.42 bits per heavy atom. The fraction of sp³-hybridized carbons (Fsp3) is 0.455. The van der Waals surface area contributed by atoms with E-state index in [2.05, 4.69) is 69.0 Å². The highest BCUT2D eigenvalue weighted by molar-refractivity contribution is 5.33. The van der Waals surface area contributed by atoms with Gasteiger partial charge in [0.25, 0.3) is 0 Å². The molecular weight excluding hydrogens is 292 g/mol. The molecule has 2 N–H and O–H groups in total. The summed E-state index contributed by atoms with van der Waals surface area (Å²) in [6.07, 6.45) is 1.09. The highest BCUT2D eigenvalue weighted by Gasteiger charge is 2.26. The topological polar surface area (TPSA) is 29.3 Å². The average molecular weight is 322 g/mol. The number of piperidine rings is 1. The van der Waals surface area contributed by atoms with Gasteiger partial charge in [0.2, 0.25) is 0 Å². The van der Waals surface area contributed by atoms with Crippen LogP contribution in [-0.4, -0.2) is 24.0 Å². The van der Waals surface area contributed by atoms with Crippen LogP contribution in [0, 0.1) is 27.7 Å². The first-order valence-electron chi connectivity index (χ1n) is 9.03. The molecule has 128 valence electrons. The molecule has 0 amide bonds. The summed E-state index contributed by atoms with van der Waals surface area (Å²) in [5, 5.41) is 0. The first-order valence-corrected chi connectivity index (χ1v) is 9.03. The quantitative estimate of drug-likeness (QED) is 0.916. The molecule has 2 nitrogen and oxygen atoms in total. The van der Waals surface area contributed by atoms with Crippen molar-refractivity contribution in [3.8, 4) is 0 Å². The van der Waals surface area contributed by atoms with Crippen LogP contribution in [0.5, 0.6) is 0 Å². The third kappa shape index (κ3) is 3.88. The van der Waals surface area contributed by atoms with Crippen molar-refractivity contribution in [1.29, 1.82) is 0 Å². The van der Waals surface area contributed by atoms with E-state index in [9.17, 15) is 0 Å². The molecule has 0 spiro atoms. The molecule has 2 aromatic carbocycles. The molecule has 24 heavy (non-hydrogen) atoms. The summed E-state index contributed by atoms with van der Waals surface area (Å²) in [5.41, 5.74) is 14.7. The Labute approximate surface area is 146 Å². The normalized spacial score (nSPS) is 21.9. The maximum atomic E-state index is 6.40. The van der Waals surface area contributed by atoms with Crippen molar-refractivity contribution in [2.75, 3.05) is 13.1 Å². The molecule has 1 saturated heterocycles. The van der Waals surface area contributed by atoms with Gasteiger partial charge in [-0.1, -0.05) is 42.0 Å². The molecule has 2 atom stereocenters. The van der Waals surface area contributed by atoms with Gasteiger partial charge >= 0.3 is 0 Å². The van der Waals surface area contributed by atoms with Crippen molar-refractivity contribution in [3.05, 3.63) is 69.8 Å². The SMILES string of the molecule is Cc1ccc(C)c(CN2CC(N)CC(c3ccc(C)c(C)c3)C2)c1. The lowest BCUT2D eigenvalue weighted by Gasteiger charge is -2.37. The number of likely N-dealkylation sites (tertiary alicyclic amines) is 1. The third-order valence-corrected chi connectivity index (χ3v) is 5.46. The van der Waals surface area contributed by atoms with E-state index in [-0.39, 0.29) is 6.04 Å². The first kappa shape index (κ1) is 17.2. The van der Waals surface area contributed by atoms with E-state index < -0.39 is 0 Å². The summed E-state index contributed by atoms with van der Waals surface area (Å²) in [6, 6.07) is 13.9. The van der Waals surface area contributed by atoms with E-state index >= 15 is 0 Å². The molecule has 0 bridgehead atoms. The molecular formula is C22H30N2. The number of rotatable bonds is 3. The summed E-state index contributed by atoms with van der Waals surface area (Å²) in [4.78, 5) is 2.54. The number of hydrogen-bond donors (Lipinski definition) is 1. The second kappa shape index (κ2) is 7.08. The minimum Gasteiger partial charge on any atom is -0.327 e. The van der Waals surface area contributed by atoms with Crippen LogP contribution in [0.25, 0.3) is 0 Å². The van der Waals surface area contributed by atoms with Gasteiger partial charge in [0, 0.05) is 25.7 Å². The minimum absolute atomic E-state index is 0.260. The highest BCUT2D eigenvalue weighted by atomic mass is 15.1. The van der Waals surface area contributed by atoms with E-state index in [1.54, 1.807) is 0 Å². The van der Waals surface area contributed by atoms with Crippen molar-refractivity contribution >= 4 is 0 Å². The Balaban J connectivity index is 1.78. The van der Waals surface area contributed by atoms with Crippen LogP contribution < -0.4 is 5.73 Å². The van der Waals surface area contributed by atoms with Crippen LogP contribution in [-0.2, 0) is 6.54 Å². The molecule has 1 fully saturated rings. The van der Waals surface area contributed by atoms with E-state index in [1.807, 2.05) is 0 Å². The van der Waals surface area contributed by atoms with Crippen molar-refractivity contribution < 1.29 is 0 Å². The zero-order valence-electron chi connectivity index (χ0n) is 15.5. The molecule has 1 aliphatic rings. The standard InChI is InChI=1S/C22H30N2/c1-15-5-6-17(3)20(9-15)12-24-13-21(11-22(23)14-24)19-8-7-16(2)18(4)10-19/h5-10,21-22H,11-14,23H2,1-4H3. The van der Waals surface area contributed by atoms with Crippen LogP contribution in [0.3, 0.4) is 0 Å². The lowest BCUT2D eigenvalue weighted by atomic mass is 9.86. The minimum atomic E-state index is 0.260. The van der Waals surface area contributed by atoms with Gasteiger partial charge in [-0.2, -0.15) is 0 Å². The fourth-order valence-electron chi connectivity index (χ4n) is 3.83. The van der Waals surface area contributed by atoms with Gasteiger partial charge in [0.05, 0.1) is 0 Å². The lowest BCUT2D eigenvalue weighted by Crippen LogP contribution is -2.45. The maximum Gasteiger partial charge on any atom is 0.0237 e. The zero-order chi connectivity index (χ0) is 17.3. The molecule has 0 aliphatic carbocycles. The zero-order valence-corrected chi connectivity index (χ0v) is 15.5. The number of aryl methyl sites for hydroxylation is 4. The monoisotopic (exact) mass is 322 g/mol. The Kier molecular flexibility index (Phi) is 5.07. The van der Waals surface area contributed by atoms with Crippen molar-refractivity contribution in [2.24, 2.45) is 5.73 Å². The average Bonchev–Trinajstić information content (AvgIpc) is 2.53. The number of hydrogen-bond acceptors (Lipinski definition) is 2. The van der Waals surface area contributed by atoms with Gasteiger partial charge in [0.1, 0.15) is 0 Å². The molecule has 0 aromatic heterocycles. The van der Waals surface area contributed by atoms with Gasteiger partial charge in [-0.05, 0) is 67.9 Å². The van der Waals surface area contributed by atoms with Gasteiger partial charge in [-0.25, -0.2) is 0 Å². The predicted molar refractivity (Wildman–Crippen MR) is 102 cm³/mol. The van der Waals surface area contributed by atoms with Crippen molar-refractivity contribution in [2.45, 2.75) is 52.6 Å². The smallest absolute Gasteiger partial charge is 0.0237 e. The number of nitrogens with two attached hydrogens (primary N) is 1. The number of benzene rings is 2. The van der Waals surface area contributed by atoms with E-state index in [1.165, 1.54) is 33.4 Å². The summed E-state index contributed by atoms with van der Waals surface area (Å²) in [6.45, 7) is 11.9. The Hall–Kier alpha value is -1.64. The molecule has 1 aliphatic heterocycles. The van der Waals surface area contributed by atoms with Crippen LogP contribution in [0.15, 0.2) is 36.4 Å². The summed E-state index contributed by atoms with van der Waals surface area (Å²) >= 11 is 0. The highest BCUT2D eigenvalue weighted by Crippen LogP contribution is 2.29. The molecule has 0 radical (unpaired) electrons. The van der Waals surface area contributed by atoms with Crippen molar-refractivity contribution in [3.63, 3.8) is 0 Å². The van der Waals surface area contributed by atoms with E-state index in [0.717, 1.165) is 26.1 Å². The maximum absolute atomic E-state index is 6.40. The van der Waals surface area contributed by atoms with Gasteiger partial charge < -0.3 is 5.73 Å². The second-order valence-electron chi connectivity index (χ2n) is 7.66. The van der Waals surface area contributed by atoms with Gasteiger partial charge in [-0.15, -0.1) is 0 Å². The summed E-state index contributed by atoms with van der Waals surface area (Å²) in [5.74, 6) is 0.540. The summed E-state index contributed by atoms with van der Waals surface area (Å²) < 4.78 is 0. The van der Waals surface area contributed by atoms with Crippen molar-refractivity contribution in [1.82, 2.24) is 4.90 Å². The third-order valence-electron chi connectivity index (χ3n) is 5.46. The second-order valence-corrected chi connectivity index (χ2v) is 7.66. The van der Waals surface area contributed by atoms with Crippen LogP contribution in [0.2, 0.25) is 0 Å². The van der Waals surface area contributed by atoms with Gasteiger partial charge in [-0.3, -0.25) is 4.90 Å². The number of nitrogens with zero attached hydrogens (tertiary/aromatic N) is 1. The summed E-state index contributed by atoms with van der Waals surface area (Å²) in [7, 11) is 0. The molecule has 2 unspecified atom stereocenters. The predicted octanol–water partition coefficient (Wildman–Crippen LogP) is 4.24. The van der Waals surface area contributed by atoms with Gasteiger partial charge in [0.15, 0.2) is 0 Å². The molecule has 3 rings (SSSR count). The molecule has 1 heterocycles. The molecule has 2 aromatic rings. The lowest BCUT2D eigenvalue weighted by molar-refractivity contribution is 0.181. The molecule has 0 saturated carbocycles. The van der Waals surface area contributed by atoms with E-state index in [0.29, 0.717) is 5.92 Å². The van der Waals surface area contributed by atoms with E-state index in [4.69, 9.17) is 5.73 Å². The van der Waals surface area contributed by atoms with Crippen LogP contribution in [0.4, 0.5) is 0 Å². The van der Waals surface area contributed by atoms with Crippen LogP contribution in [0.1, 0.15) is 45.7 Å². The fourth-order valence-corrected chi connectivity index (χ4v) is 3.83. The largest absolute Gasteiger partial charge is 0.327 e. The first-order chi connectivity index (χ1) is 11.4.